The minimum absolute atomic E-state index is 0.178. The summed E-state index contributed by atoms with van der Waals surface area (Å²) in [7, 11) is -1.72. The van der Waals surface area contributed by atoms with Crippen molar-refractivity contribution in [3.63, 3.8) is 0 Å². The van der Waals surface area contributed by atoms with Gasteiger partial charge in [0.25, 0.3) is 0 Å². The van der Waals surface area contributed by atoms with Crippen LogP contribution in [0.2, 0.25) is 0 Å². The summed E-state index contributed by atoms with van der Waals surface area (Å²) >= 11 is 0. The molecule has 4 nitrogen and oxygen atoms in total. The summed E-state index contributed by atoms with van der Waals surface area (Å²) in [6, 6.07) is 3.80. The van der Waals surface area contributed by atoms with Crippen molar-refractivity contribution in [1.29, 1.82) is 0 Å². The molecule has 1 aliphatic carbocycles. The number of sulfonamides is 1. The van der Waals surface area contributed by atoms with Gasteiger partial charge >= 0.3 is 0 Å². The second-order valence-corrected chi connectivity index (χ2v) is 6.97. The number of nitrogens with two attached hydrogens (primary N) is 1. The Morgan fingerprint density at radius 1 is 1.28 bits per heavy atom. The molecule has 0 aromatic heterocycles. The Hall–Kier alpha value is -0.910. The topological polar surface area (TPSA) is 63.4 Å². The van der Waals surface area contributed by atoms with E-state index in [2.05, 4.69) is 0 Å². The van der Waals surface area contributed by atoms with Gasteiger partial charge in [-0.05, 0) is 49.4 Å². The van der Waals surface area contributed by atoms with Crippen molar-refractivity contribution in [3.8, 4) is 0 Å². The highest BCUT2D eigenvalue weighted by Gasteiger charge is 2.35. The van der Waals surface area contributed by atoms with E-state index in [1.165, 1.54) is 4.31 Å². The first-order valence-electron chi connectivity index (χ1n) is 6.16. The smallest absolute Gasteiger partial charge is 0.243 e. The number of benzene rings is 1. The fourth-order valence-corrected chi connectivity index (χ4v) is 3.83. The highest BCUT2D eigenvalue weighted by atomic mass is 32.2. The van der Waals surface area contributed by atoms with E-state index in [1.807, 2.05) is 19.9 Å². The lowest BCUT2D eigenvalue weighted by atomic mass is 10.1. The van der Waals surface area contributed by atoms with Gasteiger partial charge in [0.05, 0.1) is 4.90 Å². The predicted octanol–water partition coefficient (Wildman–Crippen LogP) is 1.55. The van der Waals surface area contributed by atoms with Crippen LogP contribution in [0, 0.1) is 13.8 Å². The Kier molecular flexibility index (Phi) is 3.49. The average molecular weight is 268 g/mol. The molecule has 1 aromatic carbocycles. The van der Waals surface area contributed by atoms with Gasteiger partial charge in [0.15, 0.2) is 0 Å². The van der Waals surface area contributed by atoms with Gasteiger partial charge in [0.1, 0.15) is 0 Å². The zero-order valence-corrected chi connectivity index (χ0v) is 11.9. The predicted molar refractivity (Wildman–Crippen MR) is 71.8 cm³/mol. The molecule has 0 atom stereocenters. The SMILES string of the molecule is Cc1cc(C)c(S(=O)(=O)N(C)C2CC2)cc1CN. The molecule has 100 valence electrons. The van der Waals surface area contributed by atoms with Crippen LogP contribution in [-0.4, -0.2) is 25.8 Å². The fraction of sp³-hybridized carbons (Fsp3) is 0.538. The van der Waals surface area contributed by atoms with Crippen molar-refractivity contribution >= 4 is 10.0 Å². The zero-order valence-electron chi connectivity index (χ0n) is 11.1. The van der Waals surface area contributed by atoms with Gasteiger partial charge in [0, 0.05) is 19.6 Å². The highest BCUT2D eigenvalue weighted by Crippen LogP contribution is 2.32. The van der Waals surface area contributed by atoms with Crippen molar-refractivity contribution < 1.29 is 8.42 Å². The van der Waals surface area contributed by atoms with Gasteiger partial charge in [-0.3, -0.25) is 0 Å². The molecule has 1 aromatic rings. The molecule has 0 saturated heterocycles. The van der Waals surface area contributed by atoms with E-state index in [4.69, 9.17) is 5.73 Å². The molecular formula is C13H20N2O2S. The van der Waals surface area contributed by atoms with E-state index in [0.717, 1.165) is 29.5 Å². The Bertz CT molecular complexity index is 563. The molecule has 1 fully saturated rings. The zero-order chi connectivity index (χ0) is 13.5. The number of hydrogen-bond acceptors (Lipinski definition) is 3. The molecule has 18 heavy (non-hydrogen) atoms. The van der Waals surface area contributed by atoms with Crippen LogP contribution in [0.15, 0.2) is 17.0 Å². The van der Waals surface area contributed by atoms with E-state index < -0.39 is 10.0 Å². The Morgan fingerprint density at radius 3 is 2.39 bits per heavy atom. The third kappa shape index (κ3) is 2.30. The highest BCUT2D eigenvalue weighted by molar-refractivity contribution is 7.89. The lowest BCUT2D eigenvalue weighted by Crippen LogP contribution is -2.29. The maximum Gasteiger partial charge on any atom is 0.243 e. The maximum atomic E-state index is 12.5. The number of hydrogen-bond donors (Lipinski definition) is 1. The molecule has 5 heteroatoms. The average Bonchev–Trinajstić information content (AvgIpc) is 3.11. The standard InChI is InChI=1S/C13H20N2O2S/c1-9-6-10(2)13(7-11(9)8-14)18(16,17)15(3)12-4-5-12/h6-7,12H,4-5,8,14H2,1-3H3. The quantitative estimate of drug-likeness (QED) is 0.901. The monoisotopic (exact) mass is 268 g/mol. The van der Waals surface area contributed by atoms with Crippen LogP contribution in [0.3, 0.4) is 0 Å². The molecule has 0 unspecified atom stereocenters. The van der Waals surface area contributed by atoms with Crippen LogP contribution in [-0.2, 0) is 16.6 Å². The van der Waals surface area contributed by atoms with E-state index in [-0.39, 0.29) is 6.04 Å². The first-order valence-corrected chi connectivity index (χ1v) is 7.60. The largest absolute Gasteiger partial charge is 0.326 e. The van der Waals surface area contributed by atoms with Gasteiger partial charge in [-0.2, -0.15) is 4.31 Å². The summed E-state index contributed by atoms with van der Waals surface area (Å²) in [6.45, 7) is 4.15. The summed E-state index contributed by atoms with van der Waals surface area (Å²) in [4.78, 5) is 0.392. The summed E-state index contributed by atoms with van der Waals surface area (Å²) in [5.74, 6) is 0. The molecule has 0 heterocycles. The molecular weight excluding hydrogens is 248 g/mol. The summed E-state index contributed by atoms with van der Waals surface area (Å²) in [5.41, 5.74) is 8.38. The molecule has 0 amide bonds. The summed E-state index contributed by atoms with van der Waals surface area (Å²) in [6.07, 6.45) is 1.93. The van der Waals surface area contributed by atoms with Gasteiger partial charge in [-0.1, -0.05) is 6.07 Å². The van der Waals surface area contributed by atoms with E-state index in [1.54, 1.807) is 13.1 Å². The summed E-state index contributed by atoms with van der Waals surface area (Å²) in [5, 5.41) is 0. The molecule has 1 aliphatic rings. The number of rotatable bonds is 4. The van der Waals surface area contributed by atoms with Crippen molar-refractivity contribution in [2.75, 3.05) is 7.05 Å². The van der Waals surface area contributed by atoms with E-state index in [0.29, 0.717) is 11.4 Å². The molecule has 0 spiro atoms. The van der Waals surface area contributed by atoms with Gasteiger partial charge in [-0.25, -0.2) is 8.42 Å². The normalized spacial score (nSPS) is 16.3. The summed E-state index contributed by atoms with van der Waals surface area (Å²) < 4.78 is 26.5. The van der Waals surface area contributed by atoms with Crippen LogP contribution in [0.1, 0.15) is 29.5 Å². The minimum Gasteiger partial charge on any atom is -0.326 e. The van der Waals surface area contributed by atoms with E-state index >= 15 is 0 Å². The van der Waals surface area contributed by atoms with Gasteiger partial charge < -0.3 is 5.73 Å². The van der Waals surface area contributed by atoms with Crippen LogP contribution < -0.4 is 5.73 Å². The molecule has 0 radical (unpaired) electrons. The van der Waals surface area contributed by atoms with Crippen molar-refractivity contribution in [2.24, 2.45) is 5.73 Å². The molecule has 0 aliphatic heterocycles. The van der Waals surface area contributed by atoms with Gasteiger partial charge in [-0.15, -0.1) is 0 Å². The van der Waals surface area contributed by atoms with Crippen LogP contribution in [0.5, 0.6) is 0 Å². The van der Waals surface area contributed by atoms with Crippen molar-refractivity contribution in [3.05, 3.63) is 28.8 Å². The third-order valence-corrected chi connectivity index (χ3v) is 5.62. The minimum atomic E-state index is -3.38. The Balaban J connectivity index is 2.49. The van der Waals surface area contributed by atoms with Crippen molar-refractivity contribution in [2.45, 2.75) is 44.2 Å². The van der Waals surface area contributed by atoms with E-state index in [9.17, 15) is 8.42 Å². The Labute approximate surface area is 109 Å². The maximum absolute atomic E-state index is 12.5. The Morgan fingerprint density at radius 2 is 1.89 bits per heavy atom. The first kappa shape index (κ1) is 13.5. The lowest BCUT2D eigenvalue weighted by Gasteiger charge is -2.19. The van der Waals surface area contributed by atoms with Crippen LogP contribution in [0.4, 0.5) is 0 Å². The number of nitrogens with zero attached hydrogens (tertiary/aromatic N) is 1. The molecule has 2 rings (SSSR count). The van der Waals surface area contributed by atoms with Crippen LogP contribution >= 0.6 is 0 Å². The van der Waals surface area contributed by atoms with Crippen LogP contribution in [0.25, 0.3) is 0 Å². The first-order chi connectivity index (χ1) is 8.37. The van der Waals surface area contributed by atoms with Crippen molar-refractivity contribution in [1.82, 2.24) is 4.31 Å². The third-order valence-electron chi connectivity index (χ3n) is 3.57. The fourth-order valence-electron chi connectivity index (χ4n) is 2.16. The second kappa shape index (κ2) is 4.64. The molecule has 1 saturated carbocycles. The lowest BCUT2D eigenvalue weighted by molar-refractivity contribution is 0.463. The second-order valence-electron chi connectivity index (χ2n) is 5.00. The number of aryl methyl sites for hydroxylation is 2. The molecule has 2 N–H and O–H groups in total. The molecule has 0 bridgehead atoms. The van der Waals surface area contributed by atoms with Gasteiger partial charge in [0.2, 0.25) is 10.0 Å².